The third kappa shape index (κ3) is 4.34. The number of thioether (sulfide) groups is 1. The highest BCUT2D eigenvalue weighted by molar-refractivity contribution is 8.02. The molecule has 0 saturated heterocycles. The number of amides is 1. The minimum atomic E-state index is -0.332. The number of carbonyl (C=O) groups is 1. The van der Waals surface area contributed by atoms with Gasteiger partial charge in [-0.25, -0.2) is 0 Å². The van der Waals surface area contributed by atoms with E-state index in [0.717, 1.165) is 5.76 Å². The van der Waals surface area contributed by atoms with E-state index in [4.69, 9.17) is 13.9 Å². The van der Waals surface area contributed by atoms with E-state index in [1.165, 1.54) is 23.1 Å². The predicted octanol–water partition coefficient (Wildman–Crippen LogP) is 3.59. The first-order valence-electron chi connectivity index (χ1n) is 8.14. The molecule has 1 amide bonds. The van der Waals surface area contributed by atoms with Crippen molar-refractivity contribution in [3.63, 3.8) is 0 Å². The zero-order valence-electron chi connectivity index (χ0n) is 14.3. The Morgan fingerprint density at radius 1 is 1.30 bits per heavy atom. The molecule has 1 aliphatic rings. The molecule has 2 N–H and O–H groups in total. The molecule has 0 fully saturated rings. The predicted molar refractivity (Wildman–Crippen MR) is 102 cm³/mol. The lowest BCUT2D eigenvalue weighted by Crippen LogP contribution is -2.22. The summed E-state index contributed by atoms with van der Waals surface area (Å²) in [5.41, 5.74) is 0.662. The Morgan fingerprint density at radius 2 is 2.19 bits per heavy atom. The molecule has 140 valence electrons. The molecule has 2 aromatic heterocycles. The maximum atomic E-state index is 12.4. The number of ether oxygens (including phenoxy) is 2. The molecule has 8 nitrogen and oxygen atoms in total. The second-order valence-corrected chi connectivity index (χ2v) is 8.19. The summed E-state index contributed by atoms with van der Waals surface area (Å²) >= 11 is 2.75. The topological polar surface area (TPSA) is 98.5 Å². The minimum absolute atomic E-state index is 0.126. The lowest BCUT2D eigenvalue weighted by molar-refractivity contribution is -0.115. The van der Waals surface area contributed by atoms with Crippen molar-refractivity contribution in [2.24, 2.45) is 0 Å². The average Bonchev–Trinajstić information content (AvgIpc) is 3.41. The Kier molecular flexibility index (Phi) is 5.16. The number of aromatic nitrogens is 2. The molecular weight excluding hydrogens is 388 g/mol. The van der Waals surface area contributed by atoms with Crippen LogP contribution in [0.4, 0.5) is 10.8 Å². The maximum absolute atomic E-state index is 12.4. The van der Waals surface area contributed by atoms with Crippen molar-refractivity contribution in [3.05, 3.63) is 42.4 Å². The molecule has 0 bridgehead atoms. The van der Waals surface area contributed by atoms with Gasteiger partial charge in [0.2, 0.25) is 17.8 Å². The molecule has 1 aromatic carbocycles. The van der Waals surface area contributed by atoms with Gasteiger partial charge in [0.05, 0.1) is 18.1 Å². The summed E-state index contributed by atoms with van der Waals surface area (Å²) in [4.78, 5) is 12.4. The SMILES string of the molecule is C[C@@H](Sc1nnc(NCc2ccco2)s1)C(=O)Nc1ccc2c(c1)OCO2. The second kappa shape index (κ2) is 7.89. The molecule has 4 rings (SSSR count). The van der Waals surface area contributed by atoms with Crippen LogP contribution >= 0.6 is 23.1 Å². The quantitative estimate of drug-likeness (QED) is 0.577. The number of benzene rings is 1. The normalized spacial score (nSPS) is 13.4. The van der Waals surface area contributed by atoms with E-state index in [9.17, 15) is 4.79 Å². The maximum Gasteiger partial charge on any atom is 0.237 e. The number of nitrogens with one attached hydrogen (secondary N) is 2. The van der Waals surface area contributed by atoms with Gasteiger partial charge in [0.25, 0.3) is 0 Å². The van der Waals surface area contributed by atoms with Gasteiger partial charge >= 0.3 is 0 Å². The van der Waals surface area contributed by atoms with Crippen molar-refractivity contribution < 1.29 is 18.7 Å². The monoisotopic (exact) mass is 404 g/mol. The summed E-state index contributed by atoms with van der Waals surface area (Å²) in [7, 11) is 0. The molecule has 0 aliphatic carbocycles. The van der Waals surface area contributed by atoms with Gasteiger partial charge in [-0.05, 0) is 31.2 Å². The number of nitrogens with zero attached hydrogens (tertiary/aromatic N) is 2. The van der Waals surface area contributed by atoms with Crippen LogP contribution in [-0.2, 0) is 11.3 Å². The number of carbonyl (C=O) groups excluding carboxylic acids is 1. The Balaban J connectivity index is 1.30. The van der Waals surface area contributed by atoms with E-state index < -0.39 is 0 Å². The Hall–Kier alpha value is -2.72. The number of hydrogen-bond donors (Lipinski definition) is 2. The van der Waals surface area contributed by atoms with Gasteiger partial charge < -0.3 is 24.5 Å². The standard InChI is InChI=1S/C17H16N4O4S2/c1-10(15(22)19-11-4-5-13-14(7-11)25-9-24-13)26-17-21-20-16(27-17)18-8-12-3-2-6-23-12/h2-7,10H,8-9H2,1H3,(H,18,20)(H,19,22)/t10-/m1/s1. The number of furan rings is 1. The van der Waals surface area contributed by atoms with Crippen LogP contribution in [0.5, 0.6) is 11.5 Å². The average molecular weight is 404 g/mol. The number of rotatable bonds is 7. The molecular formula is C17H16N4O4S2. The van der Waals surface area contributed by atoms with Crippen LogP contribution < -0.4 is 20.1 Å². The molecule has 1 aliphatic heterocycles. The summed E-state index contributed by atoms with van der Waals surface area (Å²) < 4.78 is 16.6. The minimum Gasteiger partial charge on any atom is -0.467 e. The van der Waals surface area contributed by atoms with Crippen molar-refractivity contribution in [3.8, 4) is 11.5 Å². The van der Waals surface area contributed by atoms with Crippen LogP contribution in [0.3, 0.4) is 0 Å². The van der Waals surface area contributed by atoms with E-state index >= 15 is 0 Å². The third-order valence-electron chi connectivity index (χ3n) is 3.69. The van der Waals surface area contributed by atoms with E-state index in [1.54, 1.807) is 24.5 Å². The van der Waals surface area contributed by atoms with Crippen molar-refractivity contribution >= 4 is 39.8 Å². The molecule has 10 heteroatoms. The smallest absolute Gasteiger partial charge is 0.237 e. The molecule has 0 unspecified atom stereocenters. The van der Waals surface area contributed by atoms with Gasteiger partial charge in [-0.1, -0.05) is 23.1 Å². The van der Waals surface area contributed by atoms with Crippen molar-refractivity contribution in [1.29, 1.82) is 0 Å². The lowest BCUT2D eigenvalue weighted by atomic mass is 10.2. The van der Waals surface area contributed by atoms with E-state index in [1.807, 2.05) is 19.1 Å². The second-order valence-electron chi connectivity index (χ2n) is 5.62. The number of anilines is 2. The molecule has 27 heavy (non-hydrogen) atoms. The molecule has 1 atom stereocenters. The number of hydrogen-bond acceptors (Lipinski definition) is 9. The van der Waals surface area contributed by atoms with Gasteiger partial charge in [0, 0.05) is 11.8 Å². The van der Waals surface area contributed by atoms with E-state index in [-0.39, 0.29) is 18.0 Å². The molecule has 3 heterocycles. The van der Waals surface area contributed by atoms with Crippen molar-refractivity contribution in [1.82, 2.24) is 10.2 Å². The van der Waals surface area contributed by atoms with Crippen LogP contribution in [0, 0.1) is 0 Å². The lowest BCUT2D eigenvalue weighted by Gasteiger charge is -2.10. The third-order valence-corrected chi connectivity index (χ3v) is 5.75. The van der Waals surface area contributed by atoms with Crippen LogP contribution in [0.2, 0.25) is 0 Å². The largest absolute Gasteiger partial charge is 0.467 e. The zero-order chi connectivity index (χ0) is 18.6. The van der Waals surface area contributed by atoms with Crippen molar-refractivity contribution in [2.75, 3.05) is 17.4 Å². The first kappa shape index (κ1) is 17.7. The first-order chi connectivity index (χ1) is 13.2. The number of fused-ring (bicyclic) bond motifs is 1. The van der Waals surface area contributed by atoms with E-state index in [2.05, 4.69) is 20.8 Å². The molecule has 0 saturated carbocycles. The summed E-state index contributed by atoms with van der Waals surface area (Å²) in [6, 6.07) is 9.02. The summed E-state index contributed by atoms with van der Waals surface area (Å²) in [6.07, 6.45) is 1.62. The highest BCUT2D eigenvalue weighted by Crippen LogP contribution is 2.35. The fourth-order valence-corrected chi connectivity index (χ4v) is 4.22. The van der Waals surface area contributed by atoms with Gasteiger partial charge in [0.1, 0.15) is 5.76 Å². The first-order valence-corrected chi connectivity index (χ1v) is 9.84. The van der Waals surface area contributed by atoms with Gasteiger partial charge in [-0.3, -0.25) is 4.79 Å². The molecule has 0 radical (unpaired) electrons. The summed E-state index contributed by atoms with van der Waals surface area (Å²) in [5.74, 6) is 2.00. The van der Waals surface area contributed by atoms with Crippen molar-refractivity contribution in [2.45, 2.75) is 23.1 Å². The molecule has 3 aromatic rings. The van der Waals surface area contributed by atoms with Gasteiger partial charge in [-0.15, -0.1) is 10.2 Å². The van der Waals surface area contributed by atoms with Crippen LogP contribution in [0.25, 0.3) is 0 Å². The highest BCUT2D eigenvalue weighted by atomic mass is 32.2. The summed E-state index contributed by atoms with van der Waals surface area (Å²) in [5, 5.41) is 14.6. The highest BCUT2D eigenvalue weighted by Gasteiger charge is 2.19. The zero-order valence-corrected chi connectivity index (χ0v) is 15.9. The van der Waals surface area contributed by atoms with Crippen LogP contribution in [0.15, 0.2) is 45.4 Å². The Morgan fingerprint density at radius 3 is 3.04 bits per heavy atom. The van der Waals surface area contributed by atoms with Crippen LogP contribution in [-0.4, -0.2) is 28.1 Å². The van der Waals surface area contributed by atoms with Gasteiger partial charge in [0.15, 0.2) is 15.8 Å². The fraction of sp³-hybridized carbons (Fsp3) is 0.235. The van der Waals surface area contributed by atoms with Crippen LogP contribution in [0.1, 0.15) is 12.7 Å². The van der Waals surface area contributed by atoms with E-state index in [0.29, 0.717) is 33.2 Å². The van der Waals surface area contributed by atoms with Gasteiger partial charge in [-0.2, -0.15) is 0 Å². The Bertz CT molecular complexity index is 929. The fourth-order valence-electron chi connectivity index (χ4n) is 2.33. The Labute approximate surface area is 163 Å². The summed E-state index contributed by atoms with van der Waals surface area (Å²) in [6.45, 7) is 2.56. The molecule has 0 spiro atoms.